The summed E-state index contributed by atoms with van der Waals surface area (Å²) < 4.78 is 2.67. The van der Waals surface area contributed by atoms with Gasteiger partial charge in [-0.15, -0.1) is 23.5 Å². The molecule has 0 radical (unpaired) electrons. The van der Waals surface area contributed by atoms with E-state index in [1.54, 1.807) is 11.8 Å². The molecule has 0 unspecified atom stereocenters. The number of aromatic nitrogens is 4. The average molecular weight is 984 g/mol. The van der Waals surface area contributed by atoms with Gasteiger partial charge in [-0.1, -0.05) is 158 Å². The zero-order valence-electron chi connectivity index (χ0n) is 41.0. The molecular weight excluding hydrogens is 938 g/mol. The van der Waals surface area contributed by atoms with Crippen LogP contribution in [0.3, 0.4) is 0 Å². The van der Waals surface area contributed by atoms with Gasteiger partial charge in [-0.3, -0.25) is 0 Å². The van der Waals surface area contributed by atoms with Gasteiger partial charge in [-0.2, -0.15) is 0 Å². The van der Waals surface area contributed by atoms with Crippen molar-refractivity contribution in [1.82, 2.24) is 19.4 Å². The number of fused-ring (bicyclic) bond motifs is 7. The van der Waals surface area contributed by atoms with E-state index in [9.17, 15) is 0 Å². The summed E-state index contributed by atoms with van der Waals surface area (Å²) in [4.78, 5) is 20.5. The van der Waals surface area contributed by atoms with Crippen LogP contribution in [0.15, 0.2) is 234 Å². The standard InChI is InChI=1S/C66H46BN5S2/c1-41-53(46-27-18-28-47(33-46)66-69-64(44-23-12-6-13-24-44)68-65(70-66)45-25-14-7-15-26-45)40-60-62-61(41)56-39-52(74-3)38-55-54-37-51(73-2)31-32-58(54)72(63(55)56)67(62)57-29-16-17-30-59(57)71(60)50-35-48(42-19-8-4-9-20-42)34-49(36-50)43-21-10-5-11-22-43/h4-40H,1-3H3. The Bertz CT molecular complexity index is 4070. The van der Waals surface area contributed by atoms with Gasteiger partial charge in [0, 0.05) is 70.9 Å². The summed E-state index contributed by atoms with van der Waals surface area (Å²) in [6, 6.07) is 81.5. The zero-order valence-corrected chi connectivity index (χ0v) is 42.6. The fourth-order valence-corrected chi connectivity index (χ4v) is 12.5. The van der Waals surface area contributed by atoms with Crippen LogP contribution in [0.25, 0.3) is 100 Å². The molecule has 4 heterocycles. The molecule has 10 aromatic carbocycles. The average Bonchev–Trinajstić information content (AvgIpc) is 3.95. The lowest BCUT2D eigenvalue weighted by Gasteiger charge is -2.42. The van der Waals surface area contributed by atoms with E-state index < -0.39 is 0 Å². The van der Waals surface area contributed by atoms with Crippen molar-refractivity contribution in [2.75, 3.05) is 17.4 Å². The number of hydrogen-bond acceptors (Lipinski definition) is 6. The largest absolute Gasteiger partial charge is 0.375 e. The van der Waals surface area contributed by atoms with E-state index >= 15 is 0 Å². The number of thioether (sulfide) groups is 2. The van der Waals surface area contributed by atoms with Crippen molar-refractivity contribution < 1.29 is 0 Å². The minimum atomic E-state index is -0.0942. The maximum absolute atomic E-state index is 5.19. The molecule has 74 heavy (non-hydrogen) atoms. The smallest absolute Gasteiger partial charge is 0.333 e. The monoisotopic (exact) mass is 983 g/mol. The van der Waals surface area contributed by atoms with E-state index in [2.05, 4.69) is 217 Å². The first-order valence-corrected chi connectivity index (χ1v) is 27.5. The molecule has 2 aliphatic heterocycles. The summed E-state index contributed by atoms with van der Waals surface area (Å²) in [5.41, 5.74) is 22.0. The second-order valence-electron chi connectivity index (χ2n) is 19.1. The molecule has 0 atom stereocenters. The summed E-state index contributed by atoms with van der Waals surface area (Å²) >= 11 is 3.61. The molecule has 8 heteroatoms. The van der Waals surface area contributed by atoms with E-state index in [-0.39, 0.29) is 6.85 Å². The van der Waals surface area contributed by atoms with Gasteiger partial charge in [0.2, 0.25) is 0 Å². The van der Waals surface area contributed by atoms with Crippen LogP contribution in [0, 0.1) is 6.92 Å². The predicted octanol–water partition coefficient (Wildman–Crippen LogP) is 16.2. The Morgan fingerprint density at radius 1 is 0.405 bits per heavy atom. The first-order chi connectivity index (χ1) is 36.5. The van der Waals surface area contributed by atoms with Crippen LogP contribution in [0.2, 0.25) is 0 Å². The van der Waals surface area contributed by atoms with Crippen molar-refractivity contribution in [1.29, 1.82) is 0 Å². The number of hydrogen-bond donors (Lipinski definition) is 0. The second-order valence-corrected chi connectivity index (χ2v) is 20.9. The fraction of sp³-hybridized carbons (Fsp3) is 0.0455. The molecule has 0 N–H and O–H groups in total. The molecule has 0 spiro atoms. The van der Waals surface area contributed by atoms with Gasteiger partial charge in [0.25, 0.3) is 0 Å². The van der Waals surface area contributed by atoms with Gasteiger partial charge >= 0.3 is 6.85 Å². The normalized spacial score (nSPS) is 12.3. The van der Waals surface area contributed by atoms with Crippen LogP contribution in [-0.4, -0.2) is 38.8 Å². The lowest BCUT2D eigenvalue weighted by molar-refractivity contribution is 1.07. The predicted molar refractivity (Wildman–Crippen MR) is 314 cm³/mol. The van der Waals surface area contributed by atoms with Crippen molar-refractivity contribution in [2.45, 2.75) is 16.7 Å². The molecule has 0 aliphatic carbocycles. The van der Waals surface area contributed by atoms with E-state index in [1.165, 1.54) is 70.3 Å². The summed E-state index contributed by atoms with van der Waals surface area (Å²) in [5.74, 6) is 1.90. The highest BCUT2D eigenvalue weighted by Crippen LogP contribution is 2.50. The number of benzene rings is 10. The third-order valence-corrected chi connectivity index (χ3v) is 16.4. The second kappa shape index (κ2) is 18.0. The van der Waals surface area contributed by atoms with Crippen molar-refractivity contribution in [2.24, 2.45) is 0 Å². The Hall–Kier alpha value is -8.43. The first kappa shape index (κ1) is 44.3. The van der Waals surface area contributed by atoms with E-state index in [0.717, 1.165) is 56.0 Å². The molecule has 14 rings (SSSR count). The molecule has 0 saturated heterocycles. The topological polar surface area (TPSA) is 46.8 Å². The van der Waals surface area contributed by atoms with E-state index in [0.29, 0.717) is 17.5 Å². The summed E-state index contributed by atoms with van der Waals surface area (Å²) in [6.45, 7) is 2.25. The summed E-state index contributed by atoms with van der Waals surface area (Å²) in [5, 5.41) is 2.58. The quantitative estimate of drug-likeness (QED) is 0.106. The third kappa shape index (κ3) is 7.23. The van der Waals surface area contributed by atoms with Crippen LogP contribution in [0.5, 0.6) is 0 Å². The molecule has 2 aromatic heterocycles. The highest BCUT2D eigenvalue weighted by Gasteiger charge is 2.44. The Labute approximate surface area is 439 Å². The van der Waals surface area contributed by atoms with Crippen molar-refractivity contribution in [3.63, 3.8) is 0 Å². The lowest BCUT2D eigenvalue weighted by atomic mass is 9.44. The number of para-hydroxylation sites is 1. The molecule has 0 bridgehead atoms. The Kier molecular flexibility index (Phi) is 10.7. The zero-order chi connectivity index (χ0) is 49.4. The molecule has 0 saturated carbocycles. The molecule has 0 amide bonds. The highest BCUT2D eigenvalue weighted by atomic mass is 32.2. The van der Waals surface area contributed by atoms with Gasteiger partial charge in [0.15, 0.2) is 17.5 Å². The molecule has 350 valence electrons. The van der Waals surface area contributed by atoms with Gasteiger partial charge in [0.05, 0.1) is 0 Å². The van der Waals surface area contributed by atoms with Crippen LogP contribution in [0.4, 0.5) is 17.1 Å². The molecular formula is C66H46BN5S2. The van der Waals surface area contributed by atoms with Crippen molar-refractivity contribution in [3.8, 4) is 78.7 Å². The van der Waals surface area contributed by atoms with Crippen LogP contribution in [-0.2, 0) is 0 Å². The number of anilines is 3. The molecule has 5 nitrogen and oxygen atoms in total. The maximum atomic E-state index is 5.19. The lowest BCUT2D eigenvalue weighted by Crippen LogP contribution is -2.56. The maximum Gasteiger partial charge on any atom is 0.333 e. The highest BCUT2D eigenvalue weighted by molar-refractivity contribution is 7.98. The Morgan fingerprint density at radius 3 is 1.55 bits per heavy atom. The van der Waals surface area contributed by atoms with Gasteiger partial charge in [-0.25, -0.2) is 15.0 Å². The van der Waals surface area contributed by atoms with Gasteiger partial charge in [-0.05, 0) is 142 Å². The van der Waals surface area contributed by atoms with Gasteiger partial charge < -0.3 is 9.38 Å². The van der Waals surface area contributed by atoms with E-state index in [1.807, 2.05) is 48.2 Å². The van der Waals surface area contributed by atoms with Crippen molar-refractivity contribution in [3.05, 3.63) is 230 Å². The fourth-order valence-electron chi connectivity index (χ4n) is 11.6. The Morgan fingerprint density at radius 2 is 0.932 bits per heavy atom. The van der Waals surface area contributed by atoms with Gasteiger partial charge in [0.1, 0.15) is 0 Å². The van der Waals surface area contributed by atoms with E-state index in [4.69, 9.17) is 15.0 Å². The molecule has 12 aromatic rings. The van der Waals surface area contributed by atoms with Crippen LogP contribution < -0.4 is 15.8 Å². The SMILES string of the molecule is CSc1ccc2c(c1)c1cc(SC)cc3c1n2B1c2ccccc2N(c2cc(-c4ccccc4)cc(-c4ccccc4)c2)c2cc(-c4cccc(-c5nc(-c6ccccc6)nc(-c6ccccc6)n5)c4)c(C)c-3c21. The number of nitrogens with zero attached hydrogens (tertiary/aromatic N) is 5. The third-order valence-electron chi connectivity index (χ3n) is 15.0. The molecule has 0 fully saturated rings. The Balaban J connectivity index is 1.07. The van der Waals surface area contributed by atoms with Crippen LogP contribution in [0.1, 0.15) is 5.56 Å². The number of rotatable bonds is 9. The summed E-state index contributed by atoms with van der Waals surface area (Å²) in [7, 11) is 0. The molecule has 2 aliphatic rings. The van der Waals surface area contributed by atoms with Crippen LogP contribution >= 0.6 is 23.5 Å². The first-order valence-electron chi connectivity index (χ1n) is 25.0. The minimum absolute atomic E-state index is 0.0942. The minimum Gasteiger partial charge on any atom is -0.375 e. The van der Waals surface area contributed by atoms with Crippen molar-refractivity contribution >= 4 is 80.2 Å². The summed E-state index contributed by atoms with van der Waals surface area (Å²) in [6.07, 6.45) is 4.37.